The van der Waals surface area contributed by atoms with E-state index in [2.05, 4.69) is 19.1 Å². The molecule has 2 N–H and O–H groups in total. The molecule has 204 valence electrons. The summed E-state index contributed by atoms with van der Waals surface area (Å²) in [5, 5.41) is 9.86. The molecule has 0 aromatic heterocycles. The highest BCUT2D eigenvalue weighted by Gasteiger charge is 2.24. The Hall–Kier alpha value is -0.270. The maximum absolute atomic E-state index is 11.8. The highest BCUT2D eigenvalue weighted by Crippen LogP contribution is 2.43. The standard InChI is InChI=1S/C26H54NO6P/c1-5-6-7-8-9-10-11-12-13-14-15-16-17-18-19-20-22-31-24-26(28)25-33-34(29,30)32-23-21-27(2,3)4/h12-13,26,28H,5-11,14-25H2,1-4H3/p+1/b13-12-. The summed E-state index contributed by atoms with van der Waals surface area (Å²) in [6.45, 7) is 3.33. The first-order valence-corrected chi connectivity index (χ1v) is 15.0. The van der Waals surface area contributed by atoms with Crippen molar-refractivity contribution in [1.82, 2.24) is 0 Å². The van der Waals surface area contributed by atoms with E-state index in [1.807, 2.05) is 21.1 Å². The third kappa shape index (κ3) is 26.3. The predicted molar refractivity (Wildman–Crippen MR) is 141 cm³/mol. The predicted octanol–water partition coefficient (Wildman–Crippen LogP) is 6.24. The highest BCUT2D eigenvalue weighted by molar-refractivity contribution is 7.47. The van der Waals surface area contributed by atoms with E-state index in [1.165, 1.54) is 77.0 Å². The van der Waals surface area contributed by atoms with Gasteiger partial charge in [0.1, 0.15) is 19.3 Å². The van der Waals surface area contributed by atoms with E-state index in [4.69, 9.17) is 13.8 Å². The van der Waals surface area contributed by atoms with Gasteiger partial charge in [0.25, 0.3) is 0 Å². The molecule has 0 aromatic carbocycles. The number of quaternary nitrogens is 1. The van der Waals surface area contributed by atoms with Gasteiger partial charge in [-0.05, 0) is 32.1 Å². The van der Waals surface area contributed by atoms with Crippen LogP contribution in [0, 0.1) is 0 Å². The average molecular weight is 509 g/mol. The molecule has 34 heavy (non-hydrogen) atoms. The quantitative estimate of drug-likeness (QED) is 0.0657. The van der Waals surface area contributed by atoms with Gasteiger partial charge in [-0.15, -0.1) is 0 Å². The molecule has 0 aliphatic rings. The lowest BCUT2D eigenvalue weighted by Gasteiger charge is -2.24. The number of nitrogens with zero attached hydrogens (tertiary/aromatic N) is 1. The van der Waals surface area contributed by atoms with Crippen molar-refractivity contribution in [1.29, 1.82) is 0 Å². The zero-order valence-corrected chi connectivity index (χ0v) is 23.5. The Bertz CT molecular complexity index is 524. The van der Waals surface area contributed by atoms with Crippen molar-refractivity contribution in [3.63, 3.8) is 0 Å². The molecular weight excluding hydrogens is 453 g/mol. The molecule has 0 rings (SSSR count). The lowest BCUT2D eigenvalue weighted by atomic mass is 10.1. The van der Waals surface area contributed by atoms with E-state index < -0.39 is 13.9 Å². The maximum Gasteiger partial charge on any atom is 0.472 e. The SMILES string of the molecule is CCCCCCCC/C=C\CCCCCCCCOCC(O)COP(=O)(O)OCC[N+](C)(C)C. The largest absolute Gasteiger partial charge is 0.472 e. The zero-order valence-electron chi connectivity index (χ0n) is 22.6. The van der Waals surface area contributed by atoms with Crippen LogP contribution in [-0.2, 0) is 18.3 Å². The number of likely N-dealkylation sites (N-methyl/N-ethyl adjacent to an activating group) is 1. The Morgan fingerprint density at radius 1 is 0.765 bits per heavy atom. The minimum absolute atomic E-state index is 0.0873. The number of aliphatic hydroxyl groups excluding tert-OH is 1. The Labute approximate surface area is 210 Å². The Morgan fingerprint density at radius 2 is 1.29 bits per heavy atom. The molecule has 0 spiro atoms. The number of allylic oxidation sites excluding steroid dienone is 2. The molecule has 2 unspecified atom stereocenters. The third-order valence-corrected chi connectivity index (χ3v) is 6.54. The van der Waals surface area contributed by atoms with Gasteiger partial charge in [0, 0.05) is 6.61 Å². The van der Waals surface area contributed by atoms with Gasteiger partial charge in [-0.25, -0.2) is 4.57 Å². The maximum atomic E-state index is 11.8. The number of phosphoric ester groups is 1. The van der Waals surface area contributed by atoms with Gasteiger partial charge in [0.2, 0.25) is 0 Å². The van der Waals surface area contributed by atoms with Crippen molar-refractivity contribution >= 4 is 7.82 Å². The average Bonchev–Trinajstić information content (AvgIpc) is 2.76. The summed E-state index contributed by atoms with van der Waals surface area (Å²) in [7, 11) is 1.75. The molecule has 8 heteroatoms. The van der Waals surface area contributed by atoms with Crippen molar-refractivity contribution in [3.05, 3.63) is 12.2 Å². The van der Waals surface area contributed by atoms with Crippen molar-refractivity contribution < 1.29 is 32.8 Å². The van der Waals surface area contributed by atoms with E-state index in [0.29, 0.717) is 17.6 Å². The van der Waals surface area contributed by atoms with E-state index in [-0.39, 0.29) is 19.8 Å². The number of aliphatic hydroxyl groups is 1. The Morgan fingerprint density at radius 3 is 1.85 bits per heavy atom. The first-order valence-electron chi connectivity index (χ1n) is 13.5. The Kier molecular flexibility index (Phi) is 21.8. The summed E-state index contributed by atoms with van der Waals surface area (Å²) in [5.74, 6) is 0. The first-order chi connectivity index (χ1) is 16.2. The normalized spacial score (nSPS) is 15.1. The van der Waals surface area contributed by atoms with Gasteiger partial charge in [0.05, 0.1) is 34.4 Å². The number of unbranched alkanes of at least 4 members (excludes halogenated alkanes) is 12. The van der Waals surface area contributed by atoms with Crippen LogP contribution >= 0.6 is 7.82 Å². The summed E-state index contributed by atoms with van der Waals surface area (Å²) in [4.78, 5) is 9.64. The molecule has 0 heterocycles. The topological polar surface area (TPSA) is 85.2 Å². The number of phosphoric acid groups is 1. The van der Waals surface area contributed by atoms with Crippen LogP contribution in [0.1, 0.15) is 96.8 Å². The number of hydrogen-bond acceptors (Lipinski definition) is 5. The number of rotatable bonds is 25. The van der Waals surface area contributed by atoms with Crippen LogP contribution in [0.5, 0.6) is 0 Å². The molecule has 0 saturated carbocycles. The number of hydrogen-bond donors (Lipinski definition) is 2. The smallest absolute Gasteiger partial charge is 0.388 e. The minimum Gasteiger partial charge on any atom is -0.388 e. The van der Waals surface area contributed by atoms with E-state index in [9.17, 15) is 14.6 Å². The van der Waals surface area contributed by atoms with E-state index in [0.717, 1.165) is 12.8 Å². The molecule has 0 fully saturated rings. The van der Waals surface area contributed by atoms with Gasteiger partial charge in [-0.1, -0.05) is 76.9 Å². The zero-order chi connectivity index (χ0) is 25.5. The fourth-order valence-electron chi connectivity index (χ4n) is 3.37. The first kappa shape index (κ1) is 33.7. The second-order valence-corrected chi connectivity index (χ2v) is 11.7. The van der Waals surface area contributed by atoms with Crippen molar-refractivity contribution in [2.24, 2.45) is 0 Å². The molecule has 0 radical (unpaired) electrons. The third-order valence-electron chi connectivity index (χ3n) is 5.56. The molecular formula is C26H55NO6P+. The molecule has 0 aliphatic heterocycles. The van der Waals surface area contributed by atoms with Crippen molar-refractivity contribution in [2.45, 2.75) is 103 Å². The molecule has 0 aliphatic carbocycles. The lowest BCUT2D eigenvalue weighted by molar-refractivity contribution is -0.870. The van der Waals surface area contributed by atoms with Crippen LogP contribution in [0.4, 0.5) is 0 Å². The fraction of sp³-hybridized carbons (Fsp3) is 0.923. The summed E-state index contributed by atoms with van der Waals surface area (Å²) >= 11 is 0. The van der Waals surface area contributed by atoms with Crippen LogP contribution in [0.15, 0.2) is 12.2 Å². The highest BCUT2D eigenvalue weighted by atomic mass is 31.2. The molecule has 0 bridgehead atoms. The molecule has 0 aromatic rings. The lowest BCUT2D eigenvalue weighted by Crippen LogP contribution is -2.37. The van der Waals surface area contributed by atoms with E-state index in [1.54, 1.807) is 0 Å². The van der Waals surface area contributed by atoms with Gasteiger partial charge in [-0.3, -0.25) is 9.05 Å². The minimum atomic E-state index is -4.14. The van der Waals surface area contributed by atoms with Crippen LogP contribution in [-0.4, -0.2) is 74.7 Å². The van der Waals surface area contributed by atoms with Gasteiger partial charge >= 0.3 is 7.82 Å². The second kappa shape index (κ2) is 22.0. The van der Waals surface area contributed by atoms with Crippen LogP contribution in [0.2, 0.25) is 0 Å². The number of ether oxygens (including phenoxy) is 1. The van der Waals surface area contributed by atoms with Crippen LogP contribution in [0.3, 0.4) is 0 Å². The van der Waals surface area contributed by atoms with Gasteiger partial charge < -0.3 is 19.2 Å². The second-order valence-electron chi connectivity index (χ2n) is 10.3. The van der Waals surface area contributed by atoms with Gasteiger partial charge in [-0.2, -0.15) is 0 Å². The molecule has 7 nitrogen and oxygen atoms in total. The molecule has 0 amide bonds. The van der Waals surface area contributed by atoms with Crippen molar-refractivity contribution in [3.8, 4) is 0 Å². The monoisotopic (exact) mass is 508 g/mol. The van der Waals surface area contributed by atoms with Gasteiger partial charge in [0.15, 0.2) is 0 Å². The van der Waals surface area contributed by atoms with Crippen molar-refractivity contribution in [2.75, 3.05) is 54.1 Å². The van der Waals surface area contributed by atoms with E-state index >= 15 is 0 Å². The van der Waals surface area contributed by atoms with Crippen LogP contribution in [0.25, 0.3) is 0 Å². The fourth-order valence-corrected chi connectivity index (χ4v) is 4.11. The summed E-state index contributed by atoms with van der Waals surface area (Å²) in [5.41, 5.74) is 0. The molecule has 0 saturated heterocycles. The summed E-state index contributed by atoms with van der Waals surface area (Å²) < 4.78 is 27.6. The molecule has 2 atom stereocenters. The van der Waals surface area contributed by atoms with Crippen LogP contribution < -0.4 is 0 Å². The summed E-state index contributed by atoms with van der Waals surface area (Å²) in [6, 6.07) is 0. The summed E-state index contributed by atoms with van der Waals surface area (Å²) in [6.07, 6.45) is 21.4. The Balaban J connectivity index is 3.43.